The summed E-state index contributed by atoms with van der Waals surface area (Å²) in [6.07, 6.45) is 1.59. The summed E-state index contributed by atoms with van der Waals surface area (Å²) >= 11 is 1.49. The summed E-state index contributed by atoms with van der Waals surface area (Å²) in [6, 6.07) is 5.18. The van der Waals surface area contributed by atoms with Crippen LogP contribution in [0.4, 0.5) is 0 Å². The van der Waals surface area contributed by atoms with E-state index in [1.807, 2.05) is 18.4 Å². The van der Waals surface area contributed by atoms with Gasteiger partial charge in [0.2, 0.25) is 10.0 Å². The van der Waals surface area contributed by atoms with Crippen molar-refractivity contribution in [3.8, 4) is 11.3 Å². The minimum absolute atomic E-state index is 0.164. The molecule has 2 heterocycles. The van der Waals surface area contributed by atoms with Gasteiger partial charge >= 0.3 is 0 Å². The molecule has 0 radical (unpaired) electrons. The molecule has 0 unspecified atom stereocenters. The molecule has 0 atom stereocenters. The molecule has 24 heavy (non-hydrogen) atoms. The zero-order valence-electron chi connectivity index (χ0n) is 13.5. The number of nitrogens with one attached hydrogen (secondary N) is 1. The van der Waals surface area contributed by atoms with Crippen molar-refractivity contribution in [1.82, 2.24) is 14.7 Å². The summed E-state index contributed by atoms with van der Waals surface area (Å²) in [4.78, 5) is 8.54. The smallest absolute Gasteiger partial charge is 0.241 e. The molecular weight excluding hydrogens is 346 g/mol. The van der Waals surface area contributed by atoms with E-state index in [2.05, 4.69) is 14.7 Å². The molecule has 0 aliphatic heterocycles. The van der Waals surface area contributed by atoms with Crippen LogP contribution in [0, 0.1) is 20.8 Å². The molecule has 1 N–H and O–H groups in total. The van der Waals surface area contributed by atoms with E-state index in [4.69, 9.17) is 4.42 Å². The molecule has 0 spiro atoms. The van der Waals surface area contributed by atoms with Crippen molar-refractivity contribution in [3.05, 3.63) is 51.9 Å². The summed E-state index contributed by atoms with van der Waals surface area (Å²) in [5, 5.41) is 2.75. The van der Waals surface area contributed by atoms with Crippen LogP contribution in [0.15, 0.2) is 39.1 Å². The topological polar surface area (TPSA) is 85.1 Å². The van der Waals surface area contributed by atoms with Crippen LogP contribution in [0.5, 0.6) is 0 Å². The molecule has 0 bridgehead atoms. The highest BCUT2D eigenvalue weighted by molar-refractivity contribution is 7.89. The third-order valence-electron chi connectivity index (χ3n) is 3.49. The average molecular weight is 363 g/mol. The third-order valence-corrected chi connectivity index (χ3v) is 5.86. The number of nitrogens with zero attached hydrogens (tertiary/aromatic N) is 2. The Morgan fingerprint density at radius 3 is 2.67 bits per heavy atom. The van der Waals surface area contributed by atoms with Gasteiger partial charge in [0.1, 0.15) is 0 Å². The highest BCUT2D eigenvalue weighted by atomic mass is 32.2. The number of hydrogen-bond acceptors (Lipinski definition) is 6. The Bertz CT molecular complexity index is 974. The van der Waals surface area contributed by atoms with Crippen LogP contribution in [0.1, 0.15) is 22.2 Å². The highest BCUT2D eigenvalue weighted by Gasteiger charge is 2.19. The number of sulfonamides is 1. The van der Waals surface area contributed by atoms with Gasteiger partial charge in [0.15, 0.2) is 11.7 Å². The number of rotatable bonds is 5. The van der Waals surface area contributed by atoms with Gasteiger partial charge in [-0.2, -0.15) is 0 Å². The maximum atomic E-state index is 12.6. The van der Waals surface area contributed by atoms with Crippen LogP contribution in [0.3, 0.4) is 0 Å². The van der Waals surface area contributed by atoms with Gasteiger partial charge < -0.3 is 4.42 Å². The Hall–Kier alpha value is -2.03. The lowest BCUT2D eigenvalue weighted by Crippen LogP contribution is -2.24. The molecule has 3 aromatic rings. The second-order valence-corrected chi connectivity index (χ2v) is 8.20. The third kappa shape index (κ3) is 3.55. The number of oxazole rings is 1. The van der Waals surface area contributed by atoms with Crippen molar-refractivity contribution >= 4 is 21.4 Å². The summed E-state index contributed by atoms with van der Waals surface area (Å²) in [5.74, 6) is 1.08. The van der Waals surface area contributed by atoms with Crippen molar-refractivity contribution in [2.24, 2.45) is 0 Å². The van der Waals surface area contributed by atoms with Crippen LogP contribution in [0.25, 0.3) is 11.3 Å². The van der Waals surface area contributed by atoms with E-state index in [1.165, 1.54) is 11.3 Å². The zero-order chi connectivity index (χ0) is 17.3. The lowest BCUT2D eigenvalue weighted by atomic mass is 10.1. The fourth-order valence-electron chi connectivity index (χ4n) is 2.27. The largest absolute Gasteiger partial charge is 0.441 e. The molecule has 0 saturated heterocycles. The summed E-state index contributed by atoms with van der Waals surface area (Å²) < 4.78 is 33.4. The zero-order valence-corrected chi connectivity index (χ0v) is 15.2. The van der Waals surface area contributed by atoms with Gasteiger partial charge in [-0.15, -0.1) is 11.3 Å². The quantitative estimate of drug-likeness (QED) is 0.752. The van der Waals surface area contributed by atoms with Gasteiger partial charge in [0, 0.05) is 17.9 Å². The lowest BCUT2D eigenvalue weighted by Gasteiger charge is -2.10. The lowest BCUT2D eigenvalue weighted by molar-refractivity contribution is 0.534. The van der Waals surface area contributed by atoms with Crippen molar-refractivity contribution in [1.29, 1.82) is 0 Å². The predicted molar refractivity (Wildman–Crippen MR) is 92.3 cm³/mol. The Balaban J connectivity index is 1.89. The van der Waals surface area contributed by atoms with Crippen molar-refractivity contribution in [3.63, 3.8) is 0 Å². The molecule has 0 amide bonds. The average Bonchev–Trinajstić information content (AvgIpc) is 3.14. The van der Waals surface area contributed by atoms with E-state index in [9.17, 15) is 8.42 Å². The van der Waals surface area contributed by atoms with Crippen molar-refractivity contribution in [2.45, 2.75) is 32.2 Å². The van der Waals surface area contributed by atoms with Gasteiger partial charge in [-0.05, 0) is 25.5 Å². The Labute approximate surface area is 144 Å². The predicted octanol–water partition coefficient (Wildman–Crippen LogP) is 3.20. The fraction of sp³-hybridized carbons (Fsp3) is 0.250. The normalized spacial score (nSPS) is 11.8. The van der Waals surface area contributed by atoms with Crippen LogP contribution < -0.4 is 4.72 Å². The Morgan fingerprint density at radius 1 is 1.25 bits per heavy atom. The summed E-state index contributed by atoms with van der Waals surface area (Å²) in [6.45, 7) is 5.55. The van der Waals surface area contributed by atoms with E-state index in [0.717, 1.165) is 5.01 Å². The first-order valence-electron chi connectivity index (χ1n) is 7.29. The maximum absolute atomic E-state index is 12.6. The minimum atomic E-state index is -3.65. The fourth-order valence-corrected chi connectivity index (χ4v) is 4.15. The van der Waals surface area contributed by atoms with E-state index in [0.29, 0.717) is 28.5 Å². The SMILES string of the molecule is Cc1ncc(-c2ccc(C)c(S(=O)(=O)NCc3csc(C)n3)c2)o1. The Kier molecular flexibility index (Phi) is 4.53. The molecule has 1 aromatic carbocycles. The molecule has 126 valence electrons. The second-order valence-electron chi connectivity index (χ2n) is 5.41. The number of aryl methyl sites for hydroxylation is 3. The molecule has 6 nitrogen and oxygen atoms in total. The van der Waals surface area contributed by atoms with Crippen LogP contribution in [-0.4, -0.2) is 18.4 Å². The first-order chi connectivity index (χ1) is 11.3. The van der Waals surface area contributed by atoms with Crippen LogP contribution in [0.2, 0.25) is 0 Å². The first kappa shape index (κ1) is 16.8. The van der Waals surface area contributed by atoms with Crippen molar-refractivity contribution in [2.75, 3.05) is 0 Å². The number of thiazole rings is 1. The molecule has 0 fully saturated rings. The number of hydrogen-bond donors (Lipinski definition) is 1. The monoisotopic (exact) mass is 363 g/mol. The van der Waals surface area contributed by atoms with Gasteiger partial charge in [0.05, 0.1) is 28.3 Å². The molecule has 0 saturated carbocycles. The van der Waals surface area contributed by atoms with Crippen LogP contribution >= 0.6 is 11.3 Å². The van der Waals surface area contributed by atoms with E-state index >= 15 is 0 Å². The molecule has 0 aliphatic rings. The molecular formula is C16H17N3O3S2. The van der Waals surface area contributed by atoms with E-state index in [1.54, 1.807) is 32.2 Å². The first-order valence-corrected chi connectivity index (χ1v) is 9.65. The summed E-state index contributed by atoms with van der Waals surface area (Å²) in [7, 11) is -3.65. The van der Waals surface area contributed by atoms with Crippen molar-refractivity contribution < 1.29 is 12.8 Å². The standard InChI is InChI=1S/C16H17N3O3S2/c1-10-4-5-13(15-8-17-11(2)22-15)6-16(10)24(20,21)18-7-14-9-23-12(3)19-14/h4-6,8-9,18H,7H2,1-3H3. The van der Waals surface area contributed by atoms with Gasteiger partial charge in [-0.25, -0.2) is 23.1 Å². The maximum Gasteiger partial charge on any atom is 0.241 e. The number of aromatic nitrogens is 2. The second kappa shape index (κ2) is 6.46. The molecule has 3 rings (SSSR count). The molecule has 8 heteroatoms. The van der Waals surface area contributed by atoms with E-state index in [-0.39, 0.29) is 11.4 Å². The highest BCUT2D eigenvalue weighted by Crippen LogP contribution is 2.25. The van der Waals surface area contributed by atoms with Gasteiger partial charge in [-0.1, -0.05) is 12.1 Å². The minimum Gasteiger partial charge on any atom is -0.441 e. The summed E-state index contributed by atoms with van der Waals surface area (Å²) in [5.41, 5.74) is 2.05. The van der Waals surface area contributed by atoms with E-state index < -0.39 is 10.0 Å². The molecule has 2 aromatic heterocycles. The molecule has 0 aliphatic carbocycles. The Morgan fingerprint density at radius 2 is 2.04 bits per heavy atom. The van der Waals surface area contributed by atoms with Crippen LogP contribution in [-0.2, 0) is 16.6 Å². The van der Waals surface area contributed by atoms with Gasteiger partial charge in [-0.3, -0.25) is 0 Å². The number of benzene rings is 1. The van der Waals surface area contributed by atoms with Gasteiger partial charge in [0.25, 0.3) is 0 Å².